The predicted molar refractivity (Wildman–Crippen MR) is 65.0 cm³/mol. The molecule has 0 saturated carbocycles. The average molecular weight is 238 g/mol. The third-order valence-electron chi connectivity index (χ3n) is 3.12. The highest BCUT2D eigenvalue weighted by atomic mass is 16.5. The number of rotatable bonds is 2. The molecular weight excluding hydrogens is 220 g/mol. The zero-order chi connectivity index (χ0) is 12.4. The summed E-state index contributed by atoms with van der Waals surface area (Å²) in [5.41, 5.74) is 6.06. The number of H-pyrrole nitrogens is 1. The fourth-order valence-corrected chi connectivity index (χ4v) is 2.26. The fourth-order valence-electron chi connectivity index (χ4n) is 2.26. The van der Waals surface area contributed by atoms with Gasteiger partial charge >= 0.3 is 5.97 Å². The van der Waals surface area contributed by atoms with Gasteiger partial charge in [0.25, 0.3) is 0 Å². The summed E-state index contributed by atoms with van der Waals surface area (Å²) >= 11 is 0. The van der Waals surface area contributed by atoms with Crippen LogP contribution in [-0.4, -0.2) is 36.4 Å². The lowest BCUT2D eigenvalue weighted by molar-refractivity contribution is 0.0602. The molecule has 0 spiro atoms. The van der Waals surface area contributed by atoms with Crippen LogP contribution in [0.2, 0.25) is 0 Å². The number of aromatic nitrogens is 2. The number of nitrogens with one attached hydrogen (secondary N) is 1. The first-order valence-corrected chi connectivity index (χ1v) is 5.80. The van der Waals surface area contributed by atoms with Gasteiger partial charge in [0.1, 0.15) is 11.4 Å². The number of anilines is 2. The zero-order valence-electron chi connectivity index (χ0n) is 10.2. The third kappa shape index (κ3) is 2.20. The Morgan fingerprint density at radius 2 is 2.41 bits per heavy atom. The molecule has 2 heterocycles. The van der Waals surface area contributed by atoms with Gasteiger partial charge in [0, 0.05) is 13.1 Å². The summed E-state index contributed by atoms with van der Waals surface area (Å²) in [7, 11) is 1.34. The molecule has 1 aromatic heterocycles. The first-order chi connectivity index (χ1) is 8.13. The van der Waals surface area contributed by atoms with Crippen molar-refractivity contribution in [2.24, 2.45) is 5.92 Å². The molecule has 1 aliphatic rings. The summed E-state index contributed by atoms with van der Waals surface area (Å²) in [5, 5.41) is 6.77. The molecule has 6 nitrogen and oxygen atoms in total. The van der Waals surface area contributed by atoms with E-state index in [1.807, 2.05) is 0 Å². The van der Waals surface area contributed by atoms with Crippen LogP contribution in [0.25, 0.3) is 0 Å². The number of aromatic amines is 1. The highest BCUT2D eigenvalue weighted by Gasteiger charge is 2.26. The topological polar surface area (TPSA) is 84.2 Å². The molecule has 1 atom stereocenters. The minimum absolute atomic E-state index is 0.269. The van der Waals surface area contributed by atoms with Gasteiger partial charge < -0.3 is 15.4 Å². The first-order valence-electron chi connectivity index (χ1n) is 5.80. The van der Waals surface area contributed by atoms with E-state index in [1.54, 1.807) is 0 Å². The number of esters is 1. The fraction of sp³-hybridized carbons (Fsp3) is 0.636. The van der Waals surface area contributed by atoms with Crippen LogP contribution < -0.4 is 10.6 Å². The highest BCUT2D eigenvalue weighted by molar-refractivity contribution is 5.99. The van der Waals surface area contributed by atoms with E-state index in [1.165, 1.54) is 13.5 Å². The first kappa shape index (κ1) is 11.8. The van der Waals surface area contributed by atoms with E-state index >= 15 is 0 Å². The molecule has 6 heteroatoms. The number of nitrogen functional groups attached to an aromatic ring is 1. The number of hydrogen-bond donors (Lipinski definition) is 2. The number of carbonyl (C=O) groups is 1. The molecule has 1 aliphatic heterocycles. The van der Waals surface area contributed by atoms with Crippen LogP contribution in [0.4, 0.5) is 11.6 Å². The van der Waals surface area contributed by atoms with Crippen LogP contribution in [0, 0.1) is 5.92 Å². The van der Waals surface area contributed by atoms with Crippen molar-refractivity contribution in [1.82, 2.24) is 10.2 Å². The SMILES string of the molecule is COC(=O)c1c(N2CCCC(C)C2)n[nH]c1N. The minimum Gasteiger partial charge on any atom is -0.465 e. The van der Waals surface area contributed by atoms with Gasteiger partial charge in [-0.2, -0.15) is 5.10 Å². The smallest absolute Gasteiger partial charge is 0.345 e. The maximum atomic E-state index is 11.7. The molecule has 1 saturated heterocycles. The van der Waals surface area contributed by atoms with Gasteiger partial charge in [-0.15, -0.1) is 0 Å². The molecule has 0 bridgehead atoms. The third-order valence-corrected chi connectivity index (χ3v) is 3.12. The summed E-state index contributed by atoms with van der Waals surface area (Å²) in [6.07, 6.45) is 2.32. The molecule has 0 aromatic carbocycles. The molecule has 0 amide bonds. The summed E-state index contributed by atoms with van der Waals surface area (Å²) in [5.74, 6) is 1.04. The Balaban J connectivity index is 2.28. The van der Waals surface area contributed by atoms with E-state index in [0.29, 0.717) is 17.3 Å². The Hall–Kier alpha value is -1.72. The number of ether oxygens (including phenoxy) is 1. The van der Waals surface area contributed by atoms with Crippen molar-refractivity contribution in [3.05, 3.63) is 5.56 Å². The zero-order valence-corrected chi connectivity index (χ0v) is 10.2. The van der Waals surface area contributed by atoms with Crippen LogP contribution in [0.3, 0.4) is 0 Å². The lowest BCUT2D eigenvalue weighted by Gasteiger charge is -2.31. The van der Waals surface area contributed by atoms with Crippen LogP contribution in [0.5, 0.6) is 0 Å². The minimum atomic E-state index is -0.440. The van der Waals surface area contributed by atoms with Gasteiger partial charge in [0.2, 0.25) is 0 Å². The molecule has 17 heavy (non-hydrogen) atoms. The van der Waals surface area contributed by atoms with Crippen molar-refractivity contribution in [3.8, 4) is 0 Å². The highest BCUT2D eigenvalue weighted by Crippen LogP contribution is 2.27. The number of methoxy groups -OCH3 is 1. The predicted octanol–water partition coefficient (Wildman–Crippen LogP) is 1.01. The molecule has 1 aromatic rings. The lowest BCUT2D eigenvalue weighted by Crippen LogP contribution is -2.35. The quantitative estimate of drug-likeness (QED) is 0.751. The van der Waals surface area contributed by atoms with Gasteiger partial charge in [-0.05, 0) is 18.8 Å². The summed E-state index contributed by atoms with van der Waals surface area (Å²) in [4.78, 5) is 13.7. The van der Waals surface area contributed by atoms with Crippen molar-refractivity contribution in [2.75, 3.05) is 30.8 Å². The van der Waals surface area contributed by atoms with E-state index in [-0.39, 0.29) is 5.82 Å². The Kier molecular flexibility index (Phi) is 3.21. The molecule has 94 valence electrons. The van der Waals surface area contributed by atoms with Gasteiger partial charge in [-0.1, -0.05) is 6.92 Å². The number of hydrogen-bond acceptors (Lipinski definition) is 5. The molecule has 2 rings (SSSR count). The molecule has 0 radical (unpaired) electrons. The van der Waals surface area contributed by atoms with Crippen molar-refractivity contribution in [1.29, 1.82) is 0 Å². The second-order valence-electron chi connectivity index (χ2n) is 4.52. The van der Waals surface area contributed by atoms with Crippen LogP contribution in [-0.2, 0) is 4.74 Å². The molecule has 0 aliphatic carbocycles. The van der Waals surface area contributed by atoms with Crippen molar-refractivity contribution in [3.63, 3.8) is 0 Å². The normalized spacial score (nSPS) is 20.4. The number of piperidine rings is 1. The summed E-state index contributed by atoms with van der Waals surface area (Å²) in [6, 6.07) is 0. The Labute approximate surface area is 100 Å². The largest absolute Gasteiger partial charge is 0.465 e. The van der Waals surface area contributed by atoms with Crippen molar-refractivity contribution < 1.29 is 9.53 Å². The average Bonchev–Trinajstić information content (AvgIpc) is 2.70. The van der Waals surface area contributed by atoms with E-state index < -0.39 is 5.97 Å². The van der Waals surface area contributed by atoms with Gasteiger partial charge in [0.15, 0.2) is 5.82 Å². The van der Waals surface area contributed by atoms with Gasteiger partial charge in [0.05, 0.1) is 7.11 Å². The van der Waals surface area contributed by atoms with Crippen LogP contribution in [0.15, 0.2) is 0 Å². The van der Waals surface area contributed by atoms with Crippen LogP contribution >= 0.6 is 0 Å². The number of carbonyl (C=O) groups excluding carboxylic acids is 1. The molecular formula is C11H18N4O2. The van der Waals surface area contributed by atoms with E-state index in [9.17, 15) is 4.79 Å². The maximum absolute atomic E-state index is 11.7. The van der Waals surface area contributed by atoms with Crippen molar-refractivity contribution in [2.45, 2.75) is 19.8 Å². The Morgan fingerprint density at radius 3 is 3.06 bits per heavy atom. The molecule has 3 N–H and O–H groups in total. The van der Waals surface area contributed by atoms with Crippen molar-refractivity contribution >= 4 is 17.6 Å². The van der Waals surface area contributed by atoms with Gasteiger partial charge in [-0.25, -0.2) is 4.79 Å². The van der Waals surface area contributed by atoms with Gasteiger partial charge in [-0.3, -0.25) is 5.10 Å². The molecule has 1 fully saturated rings. The van der Waals surface area contributed by atoms with E-state index in [4.69, 9.17) is 10.5 Å². The second kappa shape index (κ2) is 4.65. The summed E-state index contributed by atoms with van der Waals surface area (Å²) < 4.78 is 4.73. The second-order valence-corrected chi connectivity index (χ2v) is 4.52. The van der Waals surface area contributed by atoms with E-state index in [2.05, 4.69) is 22.0 Å². The summed E-state index contributed by atoms with van der Waals surface area (Å²) in [6.45, 7) is 3.99. The molecule has 1 unspecified atom stereocenters. The Bertz CT molecular complexity index is 416. The number of nitrogens with zero attached hydrogens (tertiary/aromatic N) is 2. The maximum Gasteiger partial charge on any atom is 0.345 e. The monoisotopic (exact) mass is 238 g/mol. The Morgan fingerprint density at radius 1 is 1.65 bits per heavy atom. The number of nitrogens with two attached hydrogens (primary N) is 1. The lowest BCUT2D eigenvalue weighted by atomic mass is 10.00. The van der Waals surface area contributed by atoms with Crippen LogP contribution in [0.1, 0.15) is 30.1 Å². The standard InChI is InChI=1S/C11H18N4O2/c1-7-4-3-5-15(6-7)10-8(11(16)17-2)9(12)13-14-10/h7H,3-6H2,1-2H3,(H3,12,13,14). The van der Waals surface area contributed by atoms with E-state index in [0.717, 1.165) is 19.5 Å².